The van der Waals surface area contributed by atoms with Gasteiger partial charge in [-0.15, -0.1) is 0 Å². The molecular weight excluding hydrogens is 196 g/mol. The van der Waals surface area contributed by atoms with Crippen molar-refractivity contribution in [1.29, 1.82) is 0 Å². The summed E-state index contributed by atoms with van der Waals surface area (Å²) < 4.78 is 0. The summed E-state index contributed by atoms with van der Waals surface area (Å²) in [5.74, 6) is -1.11. The fourth-order valence-corrected chi connectivity index (χ4v) is 2.24. The zero-order chi connectivity index (χ0) is 11.5. The number of rotatable bonds is 4. The first-order valence-electron chi connectivity index (χ1n) is 5.19. The van der Waals surface area contributed by atoms with Crippen molar-refractivity contribution in [2.24, 2.45) is 11.1 Å². The van der Waals surface area contributed by atoms with Crippen LogP contribution in [0.5, 0.6) is 0 Å². The van der Waals surface area contributed by atoms with E-state index in [-0.39, 0.29) is 12.5 Å². The van der Waals surface area contributed by atoms with Gasteiger partial charge in [-0.25, -0.2) is 0 Å². The van der Waals surface area contributed by atoms with Gasteiger partial charge >= 0.3 is 5.97 Å². The second kappa shape index (κ2) is 4.61. The number of carboxylic acid groups (broad SMARTS) is 1. The highest BCUT2D eigenvalue weighted by molar-refractivity contribution is 5.86. The van der Waals surface area contributed by atoms with E-state index in [9.17, 15) is 9.59 Å². The largest absolute Gasteiger partial charge is 0.480 e. The van der Waals surface area contributed by atoms with Crippen molar-refractivity contribution < 1.29 is 14.7 Å². The van der Waals surface area contributed by atoms with Crippen molar-refractivity contribution in [3.05, 3.63) is 0 Å². The van der Waals surface area contributed by atoms with Crippen LogP contribution in [0.15, 0.2) is 0 Å². The molecule has 0 heterocycles. The number of aliphatic carboxylic acids is 1. The molecule has 0 aliphatic heterocycles. The Bertz CT molecular complexity index is 259. The number of carboxylic acids is 1. The topological polar surface area (TPSA) is 83.6 Å². The Kier molecular flexibility index (Phi) is 3.68. The van der Waals surface area contributed by atoms with Gasteiger partial charge in [0.15, 0.2) is 0 Å². The van der Waals surface area contributed by atoms with E-state index in [2.05, 4.69) is 0 Å². The van der Waals surface area contributed by atoms with Crippen LogP contribution in [0.2, 0.25) is 0 Å². The maximum Gasteiger partial charge on any atom is 0.323 e. The molecule has 0 atom stereocenters. The summed E-state index contributed by atoms with van der Waals surface area (Å²) in [5, 5.41) is 8.61. The number of hydrogen-bond donors (Lipinski definition) is 2. The molecule has 0 aromatic rings. The Labute approximate surface area is 89.2 Å². The quantitative estimate of drug-likeness (QED) is 0.692. The van der Waals surface area contributed by atoms with Gasteiger partial charge in [0.2, 0.25) is 5.91 Å². The van der Waals surface area contributed by atoms with Crippen LogP contribution in [0.1, 0.15) is 25.7 Å². The third-order valence-corrected chi connectivity index (χ3v) is 3.12. The lowest BCUT2D eigenvalue weighted by atomic mass is 9.85. The van der Waals surface area contributed by atoms with Gasteiger partial charge in [-0.3, -0.25) is 9.59 Å². The number of carbonyl (C=O) groups excluding carboxylic acids is 1. The average molecular weight is 214 g/mol. The Morgan fingerprint density at radius 2 is 1.93 bits per heavy atom. The molecular formula is C10H18N2O3. The Morgan fingerprint density at radius 3 is 2.33 bits per heavy atom. The third kappa shape index (κ3) is 2.47. The Morgan fingerprint density at radius 1 is 1.40 bits per heavy atom. The highest BCUT2D eigenvalue weighted by atomic mass is 16.4. The zero-order valence-corrected chi connectivity index (χ0v) is 9.03. The molecule has 1 saturated carbocycles. The van der Waals surface area contributed by atoms with Crippen LogP contribution in [0.3, 0.4) is 0 Å². The van der Waals surface area contributed by atoms with E-state index in [1.165, 1.54) is 11.9 Å². The van der Waals surface area contributed by atoms with Crippen molar-refractivity contribution in [1.82, 2.24) is 4.90 Å². The van der Waals surface area contributed by atoms with Gasteiger partial charge in [-0.2, -0.15) is 0 Å². The minimum absolute atomic E-state index is 0.120. The van der Waals surface area contributed by atoms with E-state index < -0.39 is 11.4 Å². The van der Waals surface area contributed by atoms with Crippen LogP contribution < -0.4 is 5.73 Å². The maximum atomic E-state index is 12.0. The highest BCUT2D eigenvalue weighted by Gasteiger charge is 2.41. The molecule has 0 unspecified atom stereocenters. The summed E-state index contributed by atoms with van der Waals surface area (Å²) in [6.45, 7) is 0.0658. The van der Waals surface area contributed by atoms with Gasteiger partial charge in [0.1, 0.15) is 6.54 Å². The number of nitrogens with zero attached hydrogens (tertiary/aromatic N) is 1. The molecule has 0 aromatic carbocycles. The van der Waals surface area contributed by atoms with E-state index in [1.54, 1.807) is 0 Å². The van der Waals surface area contributed by atoms with E-state index >= 15 is 0 Å². The van der Waals surface area contributed by atoms with Crippen molar-refractivity contribution in [3.63, 3.8) is 0 Å². The minimum atomic E-state index is -0.990. The molecule has 0 spiro atoms. The SMILES string of the molecule is CN(CC(=O)O)C(=O)C1(CN)CCCC1. The number of nitrogens with two attached hydrogens (primary N) is 1. The molecule has 0 bridgehead atoms. The molecule has 15 heavy (non-hydrogen) atoms. The number of amides is 1. The van der Waals surface area contributed by atoms with Gasteiger partial charge in [-0.05, 0) is 12.8 Å². The van der Waals surface area contributed by atoms with E-state index in [0.717, 1.165) is 25.7 Å². The monoisotopic (exact) mass is 214 g/mol. The van der Waals surface area contributed by atoms with Gasteiger partial charge in [0.05, 0.1) is 5.41 Å². The minimum Gasteiger partial charge on any atom is -0.480 e. The summed E-state index contributed by atoms with van der Waals surface area (Å²) in [4.78, 5) is 23.8. The lowest BCUT2D eigenvalue weighted by molar-refractivity contribution is -0.148. The van der Waals surface area contributed by atoms with Crippen LogP contribution in [0.4, 0.5) is 0 Å². The summed E-state index contributed by atoms with van der Waals surface area (Å²) in [5.41, 5.74) is 5.15. The van der Waals surface area contributed by atoms with Crippen LogP contribution in [-0.4, -0.2) is 42.0 Å². The molecule has 86 valence electrons. The van der Waals surface area contributed by atoms with Crippen LogP contribution in [0, 0.1) is 5.41 Å². The second-order valence-electron chi connectivity index (χ2n) is 4.25. The molecule has 1 aliphatic carbocycles. The van der Waals surface area contributed by atoms with Crippen molar-refractivity contribution >= 4 is 11.9 Å². The highest BCUT2D eigenvalue weighted by Crippen LogP contribution is 2.38. The van der Waals surface area contributed by atoms with Gasteiger partial charge < -0.3 is 15.7 Å². The van der Waals surface area contributed by atoms with E-state index in [0.29, 0.717) is 6.54 Å². The summed E-state index contributed by atoms with van der Waals surface area (Å²) in [6, 6.07) is 0. The van der Waals surface area contributed by atoms with Crippen LogP contribution in [-0.2, 0) is 9.59 Å². The summed E-state index contributed by atoms with van der Waals surface area (Å²) in [7, 11) is 1.52. The van der Waals surface area contributed by atoms with Gasteiger partial charge in [-0.1, -0.05) is 12.8 Å². The first kappa shape index (κ1) is 12.0. The molecule has 1 rings (SSSR count). The average Bonchev–Trinajstić information content (AvgIpc) is 2.65. The first-order valence-corrected chi connectivity index (χ1v) is 5.19. The lowest BCUT2D eigenvalue weighted by Gasteiger charge is -2.30. The molecule has 5 nitrogen and oxygen atoms in total. The molecule has 0 aromatic heterocycles. The van der Waals surface area contributed by atoms with Gasteiger partial charge in [0, 0.05) is 13.6 Å². The molecule has 5 heteroatoms. The molecule has 1 fully saturated rings. The third-order valence-electron chi connectivity index (χ3n) is 3.12. The Balaban J connectivity index is 2.68. The second-order valence-corrected chi connectivity index (χ2v) is 4.25. The maximum absolute atomic E-state index is 12.0. The Hall–Kier alpha value is -1.10. The standard InChI is InChI=1S/C10H18N2O3/c1-12(6-8(13)14)9(15)10(7-11)4-2-3-5-10/h2-7,11H2,1H3,(H,13,14). The normalized spacial score (nSPS) is 18.8. The molecule has 0 radical (unpaired) electrons. The fourth-order valence-electron chi connectivity index (χ4n) is 2.24. The van der Waals surface area contributed by atoms with E-state index in [1.807, 2.05) is 0 Å². The predicted molar refractivity (Wildman–Crippen MR) is 55.2 cm³/mol. The van der Waals surface area contributed by atoms with Gasteiger partial charge in [0.25, 0.3) is 0 Å². The number of hydrogen-bond acceptors (Lipinski definition) is 3. The molecule has 1 aliphatic rings. The first-order chi connectivity index (χ1) is 7.02. The van der Waals surface area contributed by atoms with Crippen molar-refractivity contribution in [3.8, 4) is 0 Å². The molecule has 3 N–H and O–H groups in total. The van der Waals surface area contributed by atoms with Crippen molar-refractivity contribution in [2.45, 2.75) is 25.7 Å². The number of carbonyl (C=O) groups is 2. The summed E-state index contributed by atoms with van der Waals surface area (Å²) >= 11 is 0. The van der Waals surface area contributed by atoms with Crippen molar-refractivity contribution in [2.75, 3.05) is 20.1 Å². The van der Waals surface area contributed by atoms with Crippen LogP contribution in [0.25, 0.3) is 0 Å². The molecule has 0 saturated heterocycles. The lowest BCUT2D eigenvalue weighted by Crippen LogP contribution is -2.46. The molecule has 1 amide bonds. The summed E-state index contributed by atoms with van der Waals surface area (Å²) in [6.07, 6.45) is 3.58. The van der Waals surface area contributed by atoms with E-state index in [4.69, 9.17) is 10.8 Å². The fraction of sp³-hybridized carbons (Fsp3) is 0.800. The number of likely N-dealkylation sites (N-methyl/N-ethyl adjacent to an activating group) is 1. The smallest absolute Gasteiger partial charge is 0.323 e. The predicted octanol–water partition coefficient (Wildman–Crippen LogP) is 0.0485. The zero-order valence-electron chi connectivity index (χ0n) is 9.03. The van der Waals surface area contributed by atoms with Crippen LogP contribution >= 0.6 is 0 Å².